The van der Waals surface area contributed by atoms with E-state index in [0.29, 0.717) is 12.4 Å². The summed E-state index contributed by atoms with van der Waals surface area (Å²) in [6, 6.07) is 2.13. The van der Waals surface area contributed by atoms with Gasteiger partial charge in [-0.15, -0.1) is 0 Å². The van der Waals surface area contributed by atoms with E-state index in [4.69, 9.17) is 0 Å². The SMILES string of the molecule is CCNc1cc(C(F)(F)F)cc(NC2(C)CCCC2)n1. The Balaban J connectivity index is 2.29. The Labute approximate surface area is 117 Å². The second-order valence-electron chi connectivity index (χ2n) is 5.55. The number of aromatic nitrogens is 1. The molecule has 0 spiro atoms. The lowest BCUT2D eigenvalue weighted by Gasteiger charge is -2.26. The van der Waals surface area contributed by atoms with Crippen molar-refractivity contribution in [3.05, 3.63) is 17.7 Å². The summed E-state index contributed by atoms with van der Waals surface area (Å²) in [4.78, 5) is 4.22. The largest absolute Gasteiger partial charge is 0.416 e. The van der Waals surface area contributed by atoms with Crippen LogP contribution in [-0.4, -0.2) is 17.1 Å². The Hall–Kier alpha value is -1.46. The third kappa shape index (κ3) is 3.55. The first-order valence-electron chi connectivity index (χ1n) is 6.94. The van der Waals surface area contributed by atoms with Crippen molar-refractivity contribution in [3.63, 3.8) is 0 Å². The molecule has 20 heavy (non-hydrogen) atoms. The van der Waals surface area contributed by atoms with Crippen LogP contribution in [0.1, 0.15) is 45.1 Å². The van der Waals surface area contributed by atoms with E-state index in [1.807, 2.05) is 13.8 Å². The molecule has 1 aromatic heterocycles. The fraction of sp³-hybridized carbons (Fsp3) is 0.643. The van der Waals surface area contributed by atoms with E-state index >= 15 is 0 Å². The van der Waals surface area contributed by atoms with Crippen LogP contribution in [-0.2, 0) is 6.18 Å². The molecule has 0 bridgehead atoms. The molecule has 0 radical (unpaired) electrons. The van der Waals surface area contributed by atoms with E-state index in [1.165, 1.54) is 0 Å². The Bertz CT molecular complexity index is 465. The number of halogens is 3. The Morgan fingerprint density at radius 3 is 2.35 bits per heavy atom. The molecule has 1 aromatic rings. The van der Waals surface area contributed by atoms with Gasteiger partial charge in [-0.05, 0) is 38.8 Å². The molecular weight excluding hydrogens is 267 g/mol. The second kappa shape index (κ2) is 5.50. The van der Waals surface area contributed by atoms with E-state index in [1.54, 1.807) is 0 Å². The highest BCUT2D eigenvalue weighted by Crippen LogP contribution is 2.35. The molecule has 1 heterocycles. The predicted molar refractivity (Wildman–Crippen MR) is 73.9 cm³/mol. The highest BCUT2D eigenvalue weighted by Gasteiger charge is 2.33. The van der Waals surface area contributed by atoms with Crippen LogP contribution in [0.4, 0.5) is 24.8 Å². The summed E-state index contributed by atoms with van der Waals surface area (Å²) < 4.78 is 38.7. The first kappa shape index (κ1) is 14.9. The Kier molecular flexibility index (Phi) is 4.11. The lowest BCUT2D eigenvalue weighted by atomic mass is 10.0. The third-order valence-electron chi connectivity index (χ3n) is 3.65. The molecule has 0 aliphatic heterocycles. The van der Waals surface area contributed by atoms with Crippen LogP contribution < -0.4 is 10.6 Å². The van der Waals surface area contributed by atoms with Gasteiger partial charge in [0, 0.05) is 12.1 Å². The van der Waals surface area contributed by atoms with E-state index < -0.39 is 11.7 Å². The minimum absolute atomic E-state index is 0.152. The van der Waals surface area contributed by atoms with E-state index in [-0.39, 0.29) is 11.4 Å². The van der Waals surface area contributed by atoms with Crippen LogP contribution in [0, 0.1) is 0 Å². The summed E-state index contributed by atoms with van der Waals surface area (Å²) in [7, 11) is 0. The fourth-order valence-electron chi connectivity index (χ4n) is 2.62. The highest BCUT2D eigenvalue weighted by molar-refractivity contribution is 5.51. The van der Waals surface area contributed by atoms with E-state index in [0.717, 1.165) is 37.8 Å². The first-order valence-corrected chi connectivity index (χ1v) is 6.94. The summed E-state index contributed by atoms with van der Waals surface area (Å²) in [5.74, 6) is 0.548. The number of hydrogen-bond donors (Lipinski definition) is 2. The molecule has 2 rings (SSSR count). The topological polar surface area (TPSA) is 37.0 Å². The summed E-state index contributed by atoms with van der Waals surface area (Å²) in [5.41, 5.74) is -0.826. The summed E-state index contributed by atoms with van der Waals surface area (Å²) >= 11 is 0. The van der Waals surface area contributed by atoms with Crippen molar-refractivity contribution < 1.29 is 13.2 Å². The van der Waals surface area contributed by atoms with Gasteiger partial charge in [0.15, 0.2) is 0 Å². The van der Waals surface area contributed by atoms with Crippen molar-refractivity contribution in [1.29, 1.82) is 0 Å². The molecule has 112 valence electrons. The minimum Gasteiger partial charge on any atom is -0.370 e. The summed E-state index contributed by atoms with van der Waals surface area (Å²) in [5, 5.41) is 6.02. The third-order valence-corrected chi connectivity index (χ3v) is 3.65. The molecule has 0 aromatic carbocycles. The Morgan fingerprint density at radius 2 is 1.80 bits per heavy atom. The maximum absolute atomic E-state index is 12.9. The average molecular weight is 287 g/mol. The van der Waals surface area contributed by atoms with Gasteiger partial charge in [-0.25, -0.2) is 4.98 Å². The van der Waals surface area contributed by atoms with Crippen LogP contribution in [0.3, 0.4) is 0 Å². The van der Waals surface area contributed by atoms with Crippen molar-refractivity contribution in [2.24, 2.45) is 0 Å². The van der Waals surface area contributed by atoms with Gasteiger partial charge in [0.05, 0.1) is 5.56 Å². The number of nitrogens with one attached hydrogen (secondary N) is 2. The number of rotatable bonds is 4. The molecule has 0 saturated heterocycles. The van der Waals surface area contributed by atoms with Gasteiger partial charge in [-0.3, -0.25) is 0 Å². The molecule has 1 aliphatic rings. The maximum atomic E-state index is 12.9. The quantitative estimate of drug-likeness (QED) is 0.868. The highest BCUT2D eigenvalue weighted by atomic mass is 19.4. The van der Waals surface area contributed by atoms with E-state index in [9.17, 15) is 13.2 Å². The van der Waals surface area contributed by atoms with Crippen molar-refractivity contribution in [1.82, 2.24) is 4.98 Å². The number of alkyl halides is 3. The van der Waals surface area contributed by atoms with Crippen LogP contribution in [0.2, 0.25) is 0 Å². The molecule has 1 aliphatic carbocycles. The van der Waals surface area contributed by atoms with Crippen LogP contribution >= 0.6 is 0 Å². The standard InChI is InChI=1S/C14H20F3N3/c1-3-18-11-8-10(14(15,16)17)9-12(19-11)20-13(2)6-4-5-7-13/h8-9H,3-7H2,1-2H3,(H2,18,19,20). The summed E-state index contributed by atoms with van der Waals surface area (Å²) in [6.45, 7) is 4.40. The normalized spacial score (nSPS) is 18.1. The molecule has 0 amide bonds. The van der Waals surface area contributed by atoms with Crippen molar-refractivity contribution in [2.75, 3.05) is 17.2 Å². The lowest BCUT2D eigenvalue weighted by molar-refractivity contribution is -0.137. The van der Waals surface area contributed by atoms with Crippen LogP contribution in [0.15, 0.2) is 12.1 Å². The van der Waals surface area contributed by atoms with Gasteiger partial charge in [0.2, 0.25) is 0 Å². The smallest absolute Gasteiger partial charge is 0.370 e. The van der Waals surface area contributed by atoms with Gasteiger partial charge in [-0.1, -0.05) is 12.8 Å². The fourth-order valence-corrected chi connectivity index (χ4v) is 2.62. The second-order valence-corrected chi connectivity index (χ2v) is 5.55. The number of nitrogens with zero attached hydrogens (tertiary/aromatic N) is 1. The zero-order valence-corrected chi connectivity index (χ0v) is 11.8. The van der Waals surface area contributed by atoms with Crippen LogP contribution in [0.25, 0.3) is 0 Å². The summed E-state index contributed by atoms with van der Waals surface area (Å²) in [6.07, 6.45) is -0.242. The average Bonchev–Trinajstić information content (AvgIpc) is 2.74. The molecule has 1 saturated carbocycles. The zero-order valence-electron chi connectivity index (χ0n) is 11.8. The number of pyridine rings is 1. The molecule has 6 heteroatoms. The van der Waals surface area contributed by atoms with E-state index in [2.05, 4.69) is 15.6 Å². The molecule has 3 nitrogen and oxygen atoms in total. The molecule has 1 fully saturated rings. The van der Waals surface area contributed by atoms with Crippen LogP contribution in [0.5, 0.6) is 0 Å². The molecule has 0 unspecified atom stereocenters. The first-order chi connectivity index (χ1) is 9.32. The lowest BCUT2D eigenvalue weighted by Crippen LogP contribution is -2.31. The van der Waals surface area contributed by atoms with Crippen molar-refractivity contribution in [2.45, 2.75) is 51.2 Å². The minimum atomic E-state index is -4.36. The van der Waals surface area contributed by atoms with Gasteiger partial charge >= 0.3 is 6.18 Å². The Morgan fingerprint density at radius 1 is 1.20 bits per heavy atom. The molecule has 0 atom stereocenters. The zero-order chi connectivity index (χ0) is 14.8. The van der Waals surface area contributed by atoms with Gasteiger partial charge < -0.3 is 10.6 Å². The molecular formula is C14H20F3N3. The predicted octanol–water partition coefficient (Wildman–Crippen LogP) is 4.28. The van der Waals surface area contributed by atoms with Crippen molar-refractivity contribution in [3.8, 4) is 0 Å². The number of anilines is 2. The van der Waals surface area contributed by atoms with Crippen molar-refractivity contribution >= 4 is 11.6 Å². The van der Waals surface area contributed by atoms with Gasteiger partial charge in [0.25, 0.3) is 0 Å². The maximum Gasteiger partial charge on any atom is 0.416 e. The van der Waals surface area contributed by atoms with Gasteiger partial charge in [0.1, 0.15) is 11.6 Å². The number of hydrogen-bond acceptors (Lipinski definition) is 3. The van der Waals surface area contributed by atoms with Gasteiger partial charge in [-0.2, -0.15) is 13.2 Å². The molecule has 2 N–H and O–H groups in total. The monoisotopic (exact) mass is 287 g/mol.